The molecule has 2 nitrogen and oxygen atoms in total. The van der Waals surface area contributed by atoms with Gasteiger partial charge in [0.05, 0.1) is 0 Å². The van der Waals surface area contributed by atoms with Gasteiger partial charge in [-0.25, -0.2) is 0 Å². The molecule has 2 aliphatic heterocycles. The molecule has 2 unspecified atom stereocenters. The van der Waals surface area contributed by atoms with Crippen LogP contribution in [0.3, 0.4) is 0 Å². The number of benzene rings is 1. The summed E-state index contributed by atoms with van der Waals surface area (Å²) in [5, 5.41) is 5.16. The Morgan fingerprint density at radius 3 is 3.00 bits per heavy atom. The van der Waals surface area contributed by atoms with Crippen molar-refractivity contribution in [2.45, 2.75) is 38.3 Å². The summed E-state index contributed by atoms with van der Waals surface area (Å²) < 4.78 is 0. The standard InChI is InChI=1S/C14H16N2.ClH/c1-8-2-4-11-10(6-8)14-12-5-3-9(15-12)7-13(14)16-11;/h2,4,6,9,12,15-16H,3,5,7H2,1H3;1H. The predicted octanol–water partition coefficient (Wildman–Crippen LogP) is 3.25. The van der Waals surface area contributed by atoms with Gasteiger partial charge in [-0.15, -0.1) is 12.4 Å². The molecule has 4 rings (SSSR count). The third kappa shape index (κ3) is 1.51. The minimum absolute atomic E-state index is 0. The molecule has 2 aliphatic rings. The maximum Gasteiger partial charge on any atom is 0.0459 e. The first-order chi connectivity index (χ1) is 7.81. The van der Waals surface area contributed by atoms with Gasteiger partial charge in [-0.1, -0.05) is 11.6 Å². The van der Waals surface area contributed by atoms with Gasteiger partial charge in [-0.2, -0.15) is 0 Å². The molecule has 0 amide bonds. The Morgan fingerprint density at radius 2 is 2.12 bits per heavy atom. The fourth-order valence-corrected chi connectivity index (χ4v) is 3.40. The first-order valence-corrected chi connectivity index (χ1v) is 6.18. The van der Waals surface area contributed by atoms with Crippen molar-refractivity contribution in [2.24, 2.45) is 0 Å². The zero-order valence-corrected chi connectivity index (χ0v) is 10.7. The molecule has 0 saturated carbocycles. The molecule has 2 aromatic rings. The van der Waals surface area contributed by atoms with Gasteiger partial charge in [-0.05, 0) is 37.5 Å². The molecule has 3 heterocycles. The molecule has 0 spiro atoms. The zero-order chi connectivity index (χ0) is 10.7. The molecular weight excluding hydrogens is 232 g/mol. The Morgan fingerprint density at radius 1 is 1.24 bits per heavy atom. The van der Waals surface area contributed by atoms with E-state index in [4.69, 9.17) is 0 Å². The molecule has 1 fully saturated rings. The van der Waals surface area contributed by atoms with E-state index in [1.807, 2.05) is 0 Å². The number of aromatic amines is 1. The number of rotatable bonds is 0. The molecule has 0 aliphatic carbocycles. The Labute approximate surface area is 107 Å². The van der Waals surface area contributed by atoms with Gasteiger partial charge in [0, 0.05) is 35.1 Å². The van der Waals surface area contributed by atoms with Crippen LogP contribution in [-0.4, -0.2) is 11.0 Å². The van der Waals surface area contributed by atoms with E-state index in [1.54, 1.807) is 5.56 Å². The average molecular weight is 249 g/mol. The van der Waals surface area contributed by atoms with Crippen molar-refractivity contribution in [1.82, 2.24) is 10.3 Å². The third-order valence-corrected chi connectivity index (χ3v) is 4.12. The number of halogens is 1. The lowest BCUT2D eigenvalue weighted by Gasteiger charge is -2.21. The lowest BCUT2D eigenvalue weighted by Crippen LogP contribution is -2.31. The lowest BCUT2D eigenvalue weighted by molar-refractivity contribution is 0.513. The SMILES string of the molecule is Cc1ccc2[nH]c3c(c2c1)C1CCC(C3)N1.Cl. The van der Waals surface area contributed by atoms with Crippen LogP contribution >= 0.6 is 12.4 Å². The maximum atomic E-state index is 3.72. The summed E-state index contributed by atoms with van der Waals surface area (Å²) in [6, 6.07) is 8.05. The Bertz CT molecular complexity index is 573. The molecule has 2 atom stereocenters. The van der Waals surface area contributed by atoms with Crippen molar-refractivity contribution >= 4 is 23.3 Å². The van der Waals surface area contributed by atoms with Crippen molar-refractivity contribution < 1.29 is 0 Å². The van der Waals surface area contributed by atoms with Crippen LogP contribution < -0.4 is 5.32 Å². The van der Waals surface area contributed by atoms with Gasteiger partial charge in [-0.3, -0.25) is 0 Å². The van der Waals surface area contributed by atoms with Gasteiger partial charge in [0.25, 0.3) is 0 Å². The summed E-state index contributed by atoms with van der Waals surface area (Å²) in [6.07, 6.45) is 3.82. The van der Waals surface area contributed by atoms with E-state index < -0.39 is 0 Å². The smallest absolute Gasteiger partial charge is 0.0459 e. The molecule has 1 saturated heterocycles. The van der Waals surface area contributed by atoms with Crippen LogP contribution in [0.2, 0.25) is 0 Å². The lowest BCUT2D eigenvalue weighted by atomic mass is 9.98. The Balaban J connectivity index is 0.000000902. The number of hydrogen-bond acceptors (Lipinski definition) is 1. The van der Waals surface area contributed by atoms with Crippen molar-refractivity contribution in [3.63, 3.8) is 0 Å². The number of aromatic nitrogens is 1. The Kier molecular flexibility index (Phi) is 2.46. The Hall–Kier alpha value is -0.990. The quantitative estimate of drug-likeness (QED) is 0.736. The maximum absolute atomic E-state index is 3.72. The molecule has 1 aromatic heterocycles. The fraction of sp³-hybridized carbons (Fsp3) is 0.429. The van der Waals surface area contributed by atoms with Crippen molar-refractivity contribution in [3.05, 3.63) is 35.0 Å². The first-order valence-electron chi connectivity index (χ1n) is 6.18. The van der Waals surface area contributed by atoms with Crippen LogP contribution in [0.15, 0.2) is 18.2 Å². The highest BCUT2D eigenvalue weighted by molar-refractivity contribution is 5.86. The highest BCUT2D eigenvalue weighted by atomic mass is 35.5. The highest BCUT2D eigenvalue weighted by Crippen LogP contribution is 2.40. The second-order valence-corrected chi connectivity index (χ2v) is 5.26. The molecule has 2 bridgehead atoms. The zero-order valence-electron chi connectivity index (χ0n) is 9.92. The van der Waals surface area contributed by atoms with Crippen LogP contribution in [0.1, 0.15) is 35.7 Å². The van der Waals surface area contributed by atoms with E-state index in [1.165, 1.54) is 41.4 Å². The summed E-state index contributed by atoms with van der Waals surface area (Å²) in [5.41, 5.74) is 5.69. The van der Waals surface area contributed by atoms with Crippen molar-refractivity contribution in [2.75, 3.05) is 0 Å². The van der Waals surface area contributed by atoms with Crippen LogP contribution in [0.5, 0.6) is 0 Å². The van der Waals surface area contributed by atoms with Crippen molar-refractivity contribution in [3.8, 4) is 0 Å². The summed E-state index contributed by atoms with van der Waals surface area (Å²) in [4.78, 5) is 3.60. The number of fused-ring (bicyclic) bond motifs is 6. The number of H-pyrrole nitrogens is 1. The average Bonchev–Trinajstić information content (AvgIpc) is 2.81. The second kappa shape index (κ2) is 3.76. The summed E-state index contributed by atoms with van der Waals surface area (Å²) in [7, 11) is 0. The molecule has 17 heavy (non-hydrogen) atoms. The predicted molar refractivity (Wildman–Crippen MR) is 72.9 cm³/mol. The highest BCUT2D eigenvalue weighted by Gasteiger charge is 2.34. The van der Waals surface area contributed by atoms with Crippen LogP contribution in [0.4, 0.5) is 0 Å². The van der Waals surface area contributed by atoms with Crippen LogP contribution in [0.25, 0.3) is 10.9 Å². The van der Waals surface area contributed by atoms with Crippen LogP contribution in [0, 0.1) is 6.92 Å². The third-order valence-electron chi connectivity index (χ3n) is 4.12. The fourth-order valence-electron chi connectivity index (χ4n) is 3.40. The molecule has 2 N–H and O–H groups in total. The first kappa shape index (κ1) is 11.1. The molecule has 90 valence electrons. The summed E-state index contributed by atoms with van der Waals surface area (Å²) >= 11 is 0. The minimum atomic E-state index is 0. The van der Waals surface area contributed by atoms with Gasteiger partial charge < -0.3 is 10.3 Å². The number of hydrogen-bond donors (Lipinski definition) is 2. The summed E-state index contributed by atoms with van der Waals surface area (Å²) in [6.45, 7) is 2.17. The molecule has 0 radical (unpaired) electrons. The minimum Gasteiger partial charge on any atom is -0.358 e. The van der Waals surface area contributed by atoms with E-state index in [0.29, 0.717) is 12.1 Å². The van der Waals surface area contributed by atoms with E-state index in [2.05, 4.69) is 35.4 Å². The normalized spacial score (nSPS) is 25.7. The van der Waals surface area contributed by atoms with Crippen LogP contribution in [-0.2, 0) is 6.42 Å². The monoisotopic (exact) mass is 248 g/mol. The van der Waals surface area contributed by atoms with Gasteiger partial charge in [0.1, 0.15) is 0 Å². The number of aryl methyl sites for hydroxylation is 1. The molecule has 1 aromatic carbocycles. The van der Waals surface area contributed by atoms with Gasteiger partial charge in [0.2, 0.25) is 0 Å². The van der Waals surface area contributed by atoms with E-state index >= 15 is 0 Å². The van der Waals surface area contributed by atoms with Gasteiger partial charge in [0.15, 0.2) is 0 Å². The molecule has 3 heteroatoms. The van der Waals surface area contributed by atoms with E-state index in [-0.39, 0.29) is 12.4 Å². The largest absolute Gasteiger partial charge is 0.358 e. The number of nitrogens with one attached hydrogen (secondary N) is 2. The second-order valence-electron chi connectivity index (χ2n) is 5.26. The van der Waals surface area contributed by atoms with E-state index in [0.717, 1.165) is 0 Å². The van der Waals surface area contributed by atoms with Crippen molar-refractivity contribution in [1.29, 1.82) is 0 Å². The summed E-state index contributed by atoms with van der Waals surface area (Å²) in [5.74, 6) is 0. The topological polar surface area (TPSA) is 27.8 Å². The molecular formula is C14H17ClN2. The van der Waals surface area contributed by atoms with E-state index in [9.17, 15) is 0 Å². The van der Waals surface area contributed by atoms with Gasteiger partial charge >= 0.3 is 0 Å².